The molecule has 0 saturated carbocycles. The van der Waals surface area contributed by atoms with Crippen LogP contribution in [0.1, 0.15) is 0 Å². The van der Waals surface area contributed by atoms with Crippen molar-refractivity contribution in [2.45, 2.75) is 24.6 Å². The molecule has 1 fully saturated rings. The van der Waals surface area contributed by atoms with E-state index >= 15 is 0 Å². The summed E-state index contributed by atoms with van der Waals surface area (Å²) in [6.07, 6.45) is -5.26. The number of ether oxygens (including phenoxy) is 1. The predicted molar refractivity (Wildman–Crippen MR) is 34.7 cm³/mol. The Morgan fingerprint density at radius 2 is 1.73 bits per heavy atom. The molecule has 11 heavy (non-hydrogen) atoms. The molecule has 4 N–H and O–H groups in total. The van der Waals surface area contributed by atoms with Gasteiger partial charge in [-0.25, -0.2) is 0 Å². The lowest BCUT2D eigenvalue weighted by molar-refractivity contribution is -0.125. The summed E-state index contributed by atoms with van der Waals surface area (Å²) in [6, 6.07) is 0. The van der Waals surface area contributed by atoms with Gasteiger partial charge in [-0.2, -0.15) is 0 Å². The molecule has 0 aromatic rings. The van der Waals surface area contributed by atoms with Crippen LogP contribution < -0.4 is 0 Å². The Bertz CT molecular complexity index is 168. The lowest BCUT2D eigenvalue weighted by Crippen LogP contribution is -2.32. The maximum absolute atomic E-state index is 9.04. The van der Waals surface area contributed by atoms with E-state index < -0.39 is 30.4 Å². The Hall–Kier alpha value is -0.620. The van der Waals surface area contributed by atoms with Gasteiger partial charge in [0.2, 0.25) is 0 Å². The van der Waals surface area contributed by atoms with Gasteiger partial charge >= 0.3 is 0 Å². The molecule has 1 rings (SSSR count). The van der Waals surface area contributed by atoms with Crippen LogP contribution in [0.5, 0.6) is 0 Å². The monoisotopic (exact) mass is 162 g/mol. The summed E-state index contributed by atoms with van der Waals surface area (Å²) >= 11 is 0. The summed E-state index contributed by atoms with van der Waals surface area (Å²) in [7, 11) is 0. The summed E-state index contributed by atoms with van der Waals surface area (Å²) < 4.78 is 4.55. The van der Waals surface area contributed by atoms with Crippen LogP contribution in [0.4, 0.5) is 0 Å². The van der Waals surface area contributed by atoms with E-state index in [1.54, 1.807) is 0 Å². The SMILES string of the molecule is C=C(O)[C@H]1O[C@@H](O)[C@@H](O)[C@@H]1O. The molecule has 0 aromatic carbocycles. The first-order valence-corrected chi connectivity index (χ1v) is 3.11. The quantitative estimate of drug-likeness (QED) is 0.352. The smallest absolute Gasteiger partial charge is 0.184 e. The second kappa shape index (κ2) is 2.78. The van der Waals surface area contributed by atoms with Crippen molar-refractivity contribution in [3.05, 3.63) is 12.3 Å². The molecule has 0 aromatic heterocycles. The van der Waals surface area contributed by atoms with E-state index in [9.17, 15) is 0 Å². The molecule has 0 aliphatic carbocycles. The van der Waals surface area contributed by atoms with Gasteiger partial charge in [0.05, 0.1) is 0 Å². The minimum Gasteiger partial charge on any atom is -0.510 e. The molecule has 0 amide bonds. The van der Waals surface area contributed by atoms with Crippen LogP contribution >= 0.6 is 0 Å². The number of aliphatic hydroxyl groups excluding tert-OH is 4. The van der Waals surface area contributed by atoms with E-state index in [-0.39, 0.29) is 0 Å². The number of hydrogen-bond acceptors (Lipinski definition) is 5. The summed E-state index contributed by atoms with van der Waals surface area (Å²) in [5, 5.41) is 35.5. The van der Waals surface area contributed by atoms with Crippen LogP contribution in [-0.2, 0) is 4.74 Å². The Morgan fingerprint density at radius 3 is 1.91 bits per heavy atom. The molecular formula is C6H10O5. The molecule has 5 heteroatoms. The van der Waals surface area contributed by atoms with Crippen molar-refractivity contribution in [1.82, 2.24) is 0 Å². The second-order valence-electron chi connectivity index (χ2n) is 2.42. The Balaban J connectivity index is 2.67. The van der Waals surface area contributed by atoms with E-state index in [4.69, 9.17) is 20.4 Å². The second-order valence-corrected chi connectivity index (χ2v) is 2.42. The molecule has 0 radical (unpaired) electrons. The van der Waals surface area contributed by atoms with Gasteiger partial charge in [-0.3, -0.25) is 0 Å². The molecule has 64 valence electrons. The van der Waals surface area contributed by atoms with Crippen molar-refractivity contribution >= 4 is 0 Å². The highest BCUT2D eigenvalue weighted by atomic mass is 16.6. The topological polar surface area (TPSA) is 90.2 Å². The molecule has 0 spiro atoms. The third-order valence-corrected chi connectivity index (χ3v) is 1.57. The van der Waals surface area contributed by atoms with Gasteiger partial charge in [0, 0.05) is 0 Å². The van der Waals surface area contributed by atoms with Gasteiger partial charge in [0.25, 0.3) is 0 Å². The molecule has 1 aliphatic rings. The van der Waals surface area contributed by atoms with E-state index in [2.05, 4.69) is 11.3 Å². The van der Waals surface area contributed by atoms with E-state index in [0.29, 0.717) is 0 Å². The molecule has 0 unspecified atom stereocenters. The van der Waals surface area contributed by atoms with Gasteiger partial charge in [-0.05, 0) is 0 Å². The van der Waals surface area contributed by atoms with Crippen molar-refractivity contribution in [3.63, 3.8) is 0 Å². The highest BCUT2D eigenvalue weighted by Gasteiger charge is 2.43. The number of hydrogen-bond donors (Lipinski definition) is 4. The van der Waals surface area contributed by atoms with Crippen LogP contribution in [0.3, 0.4) is 0 Å². The molecule has 0 bridgehead atoms. The zero-order valence-corrected chi connectivity index (χ0v) is 5.71. The Kier molecular flexibility index (Phi) is 2.15. The lowest BCUT2D eigenvalue weighted by Gasteiger charge is -2.11. The highest BCUT2D eigenvalue weighted by Crippen LogP contribution is 2.22. The zero-order valence-electron chi connectivity index (χ0n) is 5.71. The van der Waals surface area contributed by atoms with Crippen molar-refractivity contribution in [2.24, 2.45) is 0 Å². The van der Waals surface area contributed by atoms with Crippen molar-refractivity contribution < 1.29 is 25.2 Å². The molecule has 1 saturated heterocycles. The lowest BCUT2D eigenvalue weighted by atomic mass is 10.1. The third kappa shape index (κ3) is 1.36. The van der Waals surface area contributed by atoms with Gasteiger partial charge in [-0.15, -0.1) is 0 Å². The standard InChI is InChI=1S/C6H10O5/c1-2(7)5-3(8)4(9)6(10)11-5/h3-10H,1H2/t3-,4-,5+,6+/m0/s1. The van der Waals surface area contributed by atoms with E-state index in [1.807, 2.05) is 0 Å². The Morgan fingerprint density at radius 1 is 1.18 bits per heavy atom. The van der Waals surface area contributed by atoms with Crippen LogP contribution in [0.2, 0.25) is 0 Å². The first-order valence-electron chi connectivity index (χ1n) is 3.11. The average Bonchev–Trinajstić information content (AvgIpc) is 2.17. The van der Waals surface area contributed by atoms with Crippen LogP contribution in [0.15, 0.2) is 12.3 Å². The minimum absolute atomic E-state index is 0.409. The summed E-state index contributed by atoms with van der Waals surface area (Å²) in [5.41, 5.74) is 0. The number of aliphatic hydroxyl groups is 4. The molecular weight excluding hydrogens is 152 g/mol. The molecule has 4 atom stereocenters. The first kappa shape index (κ1) is 8.48. The maximum atomic E-state index is 9.04. The van der Waals surface area contributed by atoms with E-state index in [0.717, 1.165) is 0 Å². The summed E-state index contributed by atoms with van der Waals surface area (Å²) in [5.74, 6) is -0.409. The fourth-order valence-corrected chi connectivity index (χ4v) is 0.935. The van der Waals surface area contributed by atoms with E-state index in [1.165, 1.54) is 0 Å². The molecule has 5 nitrogen and oxygen atoms in total. The van der Waals surface area contributed by atoms with Gasteiger partial charge in [0.1, 0.15) is 24.1 Å². The van der Waals surface area contributed by atoms with Gasteiger partial charge in [-0.1, -0.05) is 6.58 Å². The summed E-state index contributed by atoms with van der Waals surface area (Å²) in [6.45, 7) is 3.10. The van der Waals surface area contributed by atoms with Crippen LogP contribution in [-0.4, -0.2) is 45.0 Å². The van der Waals surface area contributed by atoms with Crippen LogP contribution in [0, 0.1) is 0 Å². The number of rotatable bonds is 1. The Labute approximate surface area is 63.2 Å². The third-order valence-electron chi connectivity index (χ3n) is 1.57. The largest absolute Gasteiger partial charge is 0.510 e. The highest BCUT2D eigenvalue weighted by molar-refractivity contribution is 5.01. The van der Waals surface area contributed by atoms with Gasteiger partial charge in [0.15, 0.2) is 6.29 Å². The van der Waals surface area contributed by atoms with Gasteiger partial charge < -0.3 is 25.2 Å². The van der Waals surface area contributed by atoms with Crippen molar-refractivity contribution in [1.29, 1.82) is 0 Å². The maximum Gasteiger partial charge on any atom is 0.184 e. The summed E-state index contributed by atoms with van der Waals surface area (Å²) in [4.78, 5) is 0. The first-order chi connectivity index (χ1) is 5.04. The minimum atomic E-state index is -1.46. The molecule has 1 aliphatic heterocycles. The fraction of sp³-hybridized carbons (Fsp3) is 0.667. The predicted octanol–water partition coefficient (Wildman–Crippen LogP) is -1.50. The average molecular weight is 162 g/mol. The van der Waals surface area contributed by atoms with Crippen molar-refractivity contribution in [3.8, 4) is 0 Å². The molecule has 1 heterocycles. The fourth-order valence-electron chi connectivity index (χ4n) is 0.935. The normalized spacial score (nSPS) is 44.3. The van der Waals surface area contributed by atoms with Crippen molar-refractivity contribution in [2.75, 3.05) is 0 Å². The van der Waals surface area contributed by atoms with Crippen LogP contribution in [0.25, 0.3) is 0 Å². The zero-order chi connectivity index (χ0) is 8.59.